The molecule has 0 aromatic heterocycles. The van der Waals surface area contributed by atoms with Crippen LogP contribution in [0, 0.1) is 0 Å². The Morgan fingerprint density at radius 2 is 1.58 bits per heavy atom. The van der Waals surface area contributed by atoms with E-state index >= 15 is 0 Å². The number of hydrogen-bond acceptors (Lipinski definition) is 4. The molecule has 124 valence electrons. The number of likely N-dealkylation sites (N-methyl/N-ethyl adjacent to an activating group) is 1. The fraction of sp³-hybridized carbons (Fsp3) is 0.211. The quantitative estimate of drug-likeness (QED) is 0.810. The molecule has 2 aromatic rings. The minimum absolute atomic E-state index is 0.0371. The van der Waals surface area contributed by atoms with Crippen LogP contribution in [0.2, 0.25) is 0 Å². The van der Waals surface area contributed by atoms with Gasteiger partial charge in [0.2, 0.25) is 5.75 Å². The lowest BCUT2D eigenvalue weighted by molar-refractivity contribution is -0.112. The maximum Gasteiger partial charge on any atom is 0.258 e. The van der Waals surface area contributed by atoms with Gasteiger partial charge in [0.15, 0.2) is 11.5 Å². The molecule has 0 saturated carbocycles. The summed E-state index contributed by atoms with van der Waals surface area (Å²) < 4.78 is 16.1. The van der Waals surface area contributed by atoms with E-state index in [1.165, 1.54) is 0 Å². The summed E-state index contributed by atoms with van der Waals surface area (Å²) in [6.45, 7) is 0. The van der Waals surface area contributed by atoms with Crippen molar-refractivity contribution in [3.05, 3.63) is 47.5 Å². The van der Waals surface area contributed by atoms with Crippen LogP contribution in [0.15, 0.2) is 36.4 Å². The smallest absolute Gasteiger partial charge is 0.258 e. The largest absolute Gasteiger partial charge is 0.493 e. The van der Waals surface area contributed by atoms with Gasteiger partial charge in [0.05, 0.1) is 27.0 Å². The van der Waals surface area contributed by atoms with Crippen LogP contribution >= 0.6 is 0 Å². The third-order valence-electron chi connectivity index (χ3n) is 4.09. The number of rotatable bonds is 4. The van der Waals surface area contributed by atoms with Crippen molar-refractivity contribution >= 4 is 23.2 Å². The number of para-hydroxylation sites is 1. The predicted octanol–water partition coefficient (Wildman–Crippen LogP) is 3.23. The normalized spacial score (nSPS) is 14.8. The van der Waals surface area contributed by atoms with Crippen LogP contribution in [-0.2, 0) is 4.79 Å². The molecule has 5 nitrogen and oxygen atoms in total. The van der Waals surface area contributed by atoms with Crippen LogP contribution in [0.4, 0.5) is 5.69 Å². The monoisotopic (exact) mass is 325 g/mol. The molecule has 0 unspecified atom stereocenters. The van der Waals surface area contributed by atoms with Gasteiger partial charge in [-0.05, 0) is 29.8 Å². The van der Waals surface area contributed by atoms with E-state index in [1.54, 1.807) is 33.3 Å². The first-order valence-electron chi connectivity index (χ1n) is 7.50. The topological polar surface area (TPSA) is 48.0 Å². The number of anilines is 1. The highest BCUT2D eigenvalue weighted by molar-refractivity contribution is 6.35. The van der Waals surface area contributed by atoms with Gasteiger partial charge in [-0.25, -0.2) is 0 Å². The van der Waals surface area contributed by atoms with Crippen molar-refractivity contribution < 1.29 is 19.0 Å². The molecule has 1 amide bonds. The van der Waals surface area contributed by atoms with Crippen LogP contribution < -0.4 is 19.1 Å². The lowest BCUT2D eigenvalue weighted by atomic mass is 10.0. The lowest BCUT2D eigenvalue weighted by Gasteiger charge is -2.13. The number of carbonyl (C=O) groups excluding carboxylic acids is 1. The zero-order chi connectivity index (χ0) is 17.3. The van der Waals surface area contributed by atoms with E-state index in [-0.39, 0.29) is 5.91 Å². The zero-order valence-corrected chi connectivity index (χ0v) is 14.1. The summed E-state index contributed by atoms with van der Waals surface area (Å²) in [5.41, 5.74) is 3.26. The van der Waals surface area contributed by atoms with Crippen molar-refractivity contribution in [1.82, 2.24) is 0 Å². The molecule has 3 rings (SSSR count). The summed E-state index contributed by atoms with van der Waals surface area (Å²) in [4.78, 5) is 14.2. The Bertz CT molecular complexity index is 801. The minimum Gasteiger partial charge on any atom is -0.493 e. The van der Waals surface area contributed by atoms with Crippen LogP contribution in [-0.4, -0.2) is 34.3 Å². The van der Waals surface area contributed by atoms with E-state index in [4.69, 9.17) is 14.2 Å². The SMILES string of the molecule is COc1cc(/C=C2/C(=O)N(C)c3ccccc32)cc(OC)c1OC. The van der Waals surface area contributed by atoms with Crippen molar-refractivity contribution in [1.29, 1.82) is 0 Å². The second-order valence-electron chi connectivity index (χ2n) is 5.40. The number of nitrogens with zero attached hydrogens (tertiary/aromatic N) is 1. The summed E-state index contributed by atoms with van der Waals surface area (Å²) >= 11 is 0. The van der Waals surface area contributed by atoms with Gasteiger partial charge in [-0.2, -0.15) is 0 Å². The molecule has 0 spiro atoms. The molecular weight excluding hydrogens is 306 g/mol. The van der Waals surface area contributed by atoms with Crippen LogP contribution in [0.3, 0.4) is 0 Å². The number of benzene rings is 2. The Labute approximate surface area is 141 Å². The third-order valence-corrected chi connectivity index (χ3v) is 4.09. The van der Waals surface area contributed by atoms with Crippen LogP contribution in [0.5, 0.6) is 17.2 Å². The highest BCUT2D eigenvalue weighted by Gasteiger charge is 2.29. The van der Waals surface area contributed by atoms with E-state index in [9.17, 15) is 4.79 Å². The van der Waals surface area contributed by atoms with Crippen LogP contribution in [0.1, 0.15) is 11.1 Å². The van der Waals surface area contributed by atoms with E-state index in [0.29, 0.717) is 22.8 Å². The minimum atomic E-state index is -0.0371. The second kappa shape index (κ2) is 6.28. The molecule has 1 aliphatic rings. The molecule has 0 bridgehead atoms. The first-order valence-corrected chi connectivity index (χ1v) is 7.50. The van der Waals surface area contributed by atoms with Crippen molar-refractivity contribution in [2.75, 3.05) is 33.3 Å². The standard InChI is InChI=1S/C19H19NO4/c1-20-15-8-6-5-7-13(15)14(19(20)21)9-12-10-16(22-2)18(24-4)17(11-12)23-3/h5-11H,1-4H3/b14-9+. The molecule has 24 heavy (non-hydrogen) atoms. The molecule has 5 heteroatoms. The highest BCUT2D eigenvalue weighted by Crippen LogP contribution is 2.41. The van der Waals surface area contributed by atoms with E-state index in [1.807, 2.05) is 42.5 Å². The lowest BCUT2D eigenvalue weighted by Crippen LogP contribution is -2.20. The molecule has 0 N–H and O–H groups in total. The maximum atomic E-state index is 12.6. The molecule has 1 heterocycles. The van der Waals surface area contributed by atoms with Gasteiger partial charge in [-0.3, -0.25) is 4.79 Å². The molecule has 0 radical (unpaired) electrons. The molecule has 1 aliphatic heterocycles. The Morgan fingerprint density at radius 3 is 2.17 bits per heavy atom. The predicted molar refractivity (Wildman–Crippen MR) is 93.8 cm³/mol. The summed E-state index contributed by atoms with van der Waals surface area (Å²) in [6.07, 6.45) is 1.84. The van der Waals surface area contributed by atoms with Gasteiger partial charge in [0.1, 0.15) is 0 Å². The second-order valence-corrected chi connectivity index (χ2v) is 5.40. The molecule has 2 aromatic carbocycles. The van der Waals surface area contributed by atoms with E-state index in [0.717, 1.165) is 16.8 Å². The average Bonchev–Trinajstić information content (AvgIpc) is 2.86. The maximum absolute atomic E-state index is 12.6. The van der Waals surface area contributed by atoms with Crippen molar-refractivity contribution in [2.45, 2.75) is 0 Å². The fourth-order valence-corrected chi connectivity index (χ4v) is 2.89. The van der Waals surface area contributed by atoms with Crippen LogP contribution in [0.25, 0.3) is 11.6 Å². The Kier molecular flexibility index (Phi) is 4.16. The number of ether oxygens (including phenoxy) is 3. The first kappa shape index (κ1) is 15.9. The summed E-state index contributed by atoms with van der Waals surface area (Å²) in [7, 11) is 6.47. The number of amides is 1. The van der Waals surface area contributed by atoms with Gasteiger partial charge < -0.3 is 19.1 Å². The molecule has 0 atom stereocenters. The van der Waals surface area contributed by atoms with Crippen molar-refractivity contribution in [2.24, 2.45) is 0 Å². The molecular formula is C19H19NO4. The molecule has 0 fully saturated rings. The summed E-state index contributed by atoms with van der Waals surface area (Å²) in [5.74, 6) is 1.59. The summed E-state index contributed by atoms with van der Waals surface area (Å²) in [5, 5.41) is 0. The van der Waals surface area contributed by atoms with Gasteiger partial charge >= 0.3 is 0 Å². The Balaban J connectivity index is 2.14. The van der Waals surface area contributed by atoms with Gasteiger partial charge in [0, 0.05) is 18.2 Å². The fourth-order valence-electron chi connectivity index (χ4n) is 2.89. The average molecular weight is 325 g/mol. The number of methoxy groups -OCH3 is 3. The van der Waals surface area contributed by atoms with Crippen molar-refractivity contribution in [3.8, 4) is 17.2 Å². The third kappa shape index (κ3) is 2.48. The van der Waals surface area contributed by atoms with E-state index < -0.39 is 0 Å². The number of fused-ring (bicyclic) bond motifs is 1. The Morgan fingerprint density at radius 1 is 0.958 bits per heavy atom. The van der Waals surface area contributed by atoms with Gasteiger partial charge in [-0.15, -0.1) is 0 Å². The Hall–Kier alpha value is -2.95. The zero-order valence-electron chi connectivity index (χ0n) is 14.1. The van der Waals surface area contributed by atoms with Gasteiger partial charge in [-0.1, -0.05) is 18.2 Å². The number of hydrogen-bond donors (Lipinski definition) is 0. The summed E-state index contributed by atoms with van der Waals surface area (Å²) in [6, 6.07) is 11.4. The highest BCUT2D eigenvalue weighted by atomic mass is 16.5. The first-order chi connectivity index (χ1) is 11.6. The molecule has 0 saturated heterocycles. The van der Waals surface area contributed by atoms with Crippen molar-refractivity contribution in [3.63, 3.8) is 0 Å². The molecule has 0 aliphatic carbocycles. The number of carbonyl (C=O) groups is 1. The van der Waals surface area contributed by atoms with E-state index in [2.05, 4.69) is 0 Å². The van der Waals surface area contributed by atoms with Gasteiger partial charge in [0.25, 0.3) is 5.91 Å².